The quantitative estimate of drug-likeness (QED) is 0.802. The van der Waals surface area contributed by atoms with Crippen LogP contribution < -0.4 is 0 Å². The van der Waals surface area contributed by atoms with Crippen molar-refractivity contribution in [2.24, 2.45) is 0 Å². The molecule has 1 aliphatic heterocycles. The number of likely N-dealkylation sites (tertiary alicyclic amines) is 1. The summed E-state index contributed by atoms with van der Waals surface area (Å²) in [6.07, 6.45) is 3.12. The molecule has 0 unspecified atom stereocenters. The largest absolute Gasteiger partial charge is 0.445 e. The number of rotatable bonds is 4. The lowest BCUT2D eigenvalue weighted by molar-refractivity contribution is 0.0908. The summed E-state index contributed by atoms with van der Waals surface area (Å²) in [6.45, 7) is 0.929. The molecule has 1 amide bonds. The van der Waals surface area contributed by atoms with Gasteiger partial charge in [0.25, 0.3) is 0 Å². The number of ether oxygens (including phenoxy) is 1. The number of hydrogen-bond acceptors (Lipinski definition) is 4. The molecule has 0 bridgehead atoms. The third kappa shape index (κ3) is 3.79. The Kier molecular flexibility index (Phi) is 5.08. The molecule has 2 aromatic rings. The lowest BCUT2D eigenvalue weighted by Gasteiger charge is -2.23. The number of nitrogens with zero attached hydrogens (tertiary/aromatic N) is 3. The molecule has 5 nitrogen and oxygen atoms in total. The molecule has 0 radical (unpaired) electrons. The van der Waals surface area contributed by atoms with E-state index >= 15 is 0 Å². The highest BCUT2D eigenvalue weighted by Gasteiger charge is 2.33. The van der Waals surface area contributed by atoms with Crippen LogP contribution in [0.1, 0.15) is 36.0 Å². The zero-order valence-corrected chi connectivity index (χ0v) is 13.4. The summed E-state index contributed by atoms with van der Waals surface area (Å²) >= 11 is 5.83. The second kappa shape index (κ2) is 7.42. The molecular weight excluding hydrogens is 314 g/mol. The van der Waals surface area contributed by atoms with E-state index in [2.05, 4.69) is 9.97 Å². The van der Waals surface area contributed by atoms with Crippen molar-refractivity contribution in [3.63, 3.8) is 0 Å². The Balaban J connectivity index is 1.67. The highest BCUT2D eigenvalue weighted by atomic mass is 35.5. The number of carbonyl (C=O) groups is 1. The van der Waals surface area contributed by atoms with Crippen LogP contribution in [0.3, 0.4) is 0 Å². The van der Waals surface area contributed by atoms with E-state index in [4.69, 9.17) is 16.3 Å². The van der Waals surface area contributed by atoms with Crippen LogP contribution in [0.4, 0.5) is 4.79 Å². The second-order valence-corrected chi connectivity index (χ2v) is 5.70. The number of aromatic nitrogens is 2. The number of halogens is 1. The molecule has 1 aliphatic rings. The Bertz CT molecular complexity index is 666. The standard InChI is InChI=1S/C17H18ClN3O2/c18-11-14-8-9-19-16(20-14)15-7-4-10-21(15)17(22)23-12-13-5-2-1-3-6-13/h1-3,5-6,8-9,15H,4,7,10-12H2/t15-/m0/s1. The van der Waals surface area contributed by atoms with Crippen LogP contribution in [-0.2, 0) is 17.2 Å². The smallest absolute Gasteiger partial charge is 0.410 e. The maximum Gasteiger partial charge on any atom is 0.410 e. The minimum atomic E-state index is -0.323. The third-order valence-electron chi connectivity index (χ3n) is 3.86. The fraction of sp³-hybridized carbons (Fsp3) is 0.353. The van der Waals surface area contributed by atoms with Gasteiger partial charge in [-0.1, -0.05) is 30.3 Å². The lowest BCUT2D eigenvalue weighted by Crippen LogP contribution is -2.32. The van der Waals surface area contributed by atoms with E-state index < -0.39 is 0 Å². The molecule has 1 aromatic heterocycles. The van der Waals surface area contributed by atoms with Crippen LogP contribution in [0.5, 0.6) is 0 Å². The second-order valence-electron chi connectivity index (χ2n) is 5.43. The zero-order chi connectivity index (χ0) is 16.1. The molecule has 0 spiro atoms. The SMILES string of the molecule is O=C(OCc1ccccc1)N1CCC[C@H]1c1nccc(CCl)n1. The van der Waals surface area contributed by atoms with Crippen LogP contribution in [0.15, 0.2) is 42.6 Å². The van der Waals surface area contributed by atoms with Gasteiger partial charge in [0.15, 0.2) is 5.82 Å². The first-order valence-corrected chi connectivity index (χ1v) is 8.16. The van der Waals surface area contributed by atoms with Crippen molar-refractivity contribution < 1.29 is 9.53 Å². The Morgan fingerprint density at radius 1 is 1.30 bits per heavy atom. The Morgan fingerprint density at radius 3 is 2.91 bits per heavy atom. The van der Waals surface area contributed by atoms with Crippen molar-refractivity contribution in [3.05, 3.63) is 59.7 Å². The maximum atomic E-state index is 12.4. The molecule has 3 rings (SSSR count). The topological polar surface area (TPSA) is 55.3 Å². The van der Waals surface area contributed by atoms with Gasteiger partial charge in [-0.15, -0.1) is 11.6 Å². The normalized spacial score (nSPS) is 17.3. The van der Waals surface area contributed by atoms with E-state index in [0.717, 1.165) is 24.1 Å². The number of hydrogen-bond donors (Lipinski definition) is 0. The number of benzene rings is 1. The predicted octanol–water partition coefficient (Wildman–Crippen LogP) is 3.69. The predicted molar refractivity (Wildman–Crippen MR) is 86.9 cm³/mol. The number of alkyl halides is 1. The summed E-state index contributed by atoms with van der Waals surface area (Å²) in [5.74, 6) is 0.970. The molecule has 120 valence electrons. The summed E-state index contributed by atoms with van der Waals surface area (Å²) in [4.78, 5) is 22.8. The maximum absolute atomic E-state index is 12.4. The summed E-state index contributed by atoms with van der Waals surface area (Å²) in [7, 11) is 0. The van der Waals surface area contributed by atoms with Gasteiger partial charge >= 0.3 is 6.09 Å². The molecule has 1 saturated heterocycles. The third-order valence-corrected chi connectivity index (χ3v) is 4.13. The van der Waals surface area contributed by atoms with Gasteiger partial charge in [-0.25, -0.2) is 14.8 Å². The molecule has 1 aromatic carbocycles. The van der Waals surface area contributed by atoms with Gasteiger partial charge in [0, 0.05) is 12.7 Å². The highest BCUT2D eigenvalue weighted by molar-refractivity contribution is 6.16. The fourth-order valence-electron chi connectivity index (χ4n) is 2.70. The van der Waals surface area contributed by atoms with Crippen molar-refractivity contribution >= 4 is 17.7 Å². The monoisotopic (exact) mass is 331 g/mol. The van der Waals surface area contributed by atoms with E-state index in [-0.39, 0.29) is 18.7 Å². The fourth-order valence-corrected chi connectivity index (χ4v) is 2.85. The van der Waals surface area contributed by atoms with Gasteiger partial charge in [-0.05, 0) is 24.5 Å². The van der Waals surface area contributed by atoms with Crippen LogP contribution >= 0.6 is 11.6 Å². The minimum absolute atomic E-state index is 0.138. The van der Waals surface area contributed by atoms with E-state index in [1.807, 2.05) is 30.3 Å². The summed E-state index contributed by atoms with van der Waals surface area (Å²) in [5, 5.41) is 0. The molecule has 1 atom stereocenters. The van der Waals surface area contributed by atoms with Crippen LogP contribution in [-0.4, -0.2) is 27.5 Å². The van der Waals surface area contributed by atoms with E-state index in [1.54, 1.807) is 17.2 Å². The molecule has 6 heteroatoms. The first-order chi connectivity index (χ1) is 11.3. The van der Waals surface area contributed by atoms with E-state index in [9.17, 15) is 4.79 Å². The Hall–Kier alpha value is -2.14. The molecule has 2 heterocycles. The van der Waals surface area contributed by atoms with Gasteiger partial charge in [0.05, 0.1) is 17.6 Å². The van der Waals surface area contributed by atoms with Crippen molar-refractivity contribution in [2.45, 2.75) is 31.4 Å². The number of amides is 1. The van der Waals surface area contributed by atoms with Crippen molar-refractivity contribution in [2.75, 3.05) is 6.54 Å². The van der Waals surface area contributed by atoms with Crippen LogP contribution in [0.25, 0.3) is 0 Å². The minimum Gasteiger partial charge on any atom is -0.445 e. The first-order valence-electron chi connectivity index (χ1n) is 7.63. The van der Waals surface area contributed by atoms with Gasteiger partial charge in [0.2, 0.25) is 0 Å². The first kappa shape index (κ1) is 15.7. The molecule has 0 aliphatic carbocycles. The molecule has 1 fully saturated rings. The van der Waals surface area contributed by atoms with Gasteiger partial charge < -0.3 is 4.74 Å². The molecular formula is C17H18ClN3O2. The highest BCUT2D eigenvalue weighted by Crippen LogP contribution is 2.30. The zero-order valence-electron chi connectivity index (χ0n) is 12.7. The average molecular weight is 332 g/mol. The van der Waals surface area contributed by atoms with Crippen molar-refractivity contribution in [3.8, 4) is 0 Å². The molecule has 0 saturated carbocycles. The molecule has 0 N–H and O–H groups in total. The van der Waals surface area contributed by atoms with Gasteiger partial charge in [0.1, 0.15) is 6.61 Å². The Labute approximate surface area is 140 Å². The Morgan fingerprint density at radius 2 is 2.13 bits per heavy atom. The number of carbonyl (C=O) groups excluding carboxylic acids is 1. The lowest BCUT2D eigenvalue weighted by atomic mass is 10.2. The average Bonchev–Trinajstić information content (AvgIpc) is 3.10. The van der Waals surface area contributed by atoms with Crippen LogP contribution in [0, 0.1) is 0 Å². The van der Waals surface area contributed by atoms with Gasteiger partial charge in [-0.2, -0.15) is 0 Å². The summed E-state index contributed by atoms with van der Waals surface area (Å²) in [6, 6.07) is 11.3. The van der Waals surface area contributed by atoms with Crippen molar-refractivity contribution in [1.29, 1.82) is 0 Å². The summed E-state index contributed by atoms with van der Waals surface area (Å²) in [5.41, 5.74) is 1.73. The van der Waals surface area contributed by atoms with E-state index in [0.29, 0.717) is 18.2 Å². The van der Waals surface area contributed by atoms with Gasteiger partial charge in [-0.3, -0.25) is 4.90 Å². The molecule has 23 heavy (non-hydrogen) atoms. The van der Waals surface area contributed by atoms with Crippen molar-refractivity contribution in [1.82, 2.24) is 14.9 Å². The van der Waals surface area contributed by atoms with Crippen LogP contribution in [0.2, 0.25) is 0 Å². The van der Waals surface area contributed by atoms with E-state index in [1.165, 1.54) is 0 Å². The summed E-state index contributed by atoms with van der Waals surface area (Å²) < 4.78 is 5.43.